The van der Waals surface area contributed by atoms with Crippen molar-refractivity contribution in [2.75, 3.05) is 32.0 Å². The topological polar surface area (TPSA) is 131 Å². The van der Waals surface area contributed by atoms with Gasteiger partial charge >= 0.3 is 0 Å². The van der Waals surface area contributed by atoms with Crippen molar-refractivity contribution in [3.63, 3.8) is 0 Å². The number of aromatic nitrogens is 7. The zero-order chi connectivity index (χ0) is 25.4. The predicted octanol–water partition coefficient (Wildman–Crippen LogP) is 2.54. The number of nitrogens with two attached hydrogens (primary N) is 1. The Balaban J connectivity index is 1.32. The van der Waals surface area contributed by atoms with E-state index in [1.54, 1.807) is 18.5 Å². The summed E-state index contributed by atoms with van der Waals surface area (Å²) in [5, 5.41) is 19.5. The van der Waals surface area contributed by atoms with E-state index in [2.05, 4.69) is 30.9 Å². The number of hydrogen-bond acceptors (Lipinski definition) is 9. The largest absolute Gasteiger partial charge is 0.485 e. The molecule has 0 amide bonds. The van der Waals surface area contributed by atoms with Crippen molar-refractivity contribution in [2.45, 2.75) is 31.4 Å². The fraction of sp³-hybridized carbons (Fsp3) is 0.375. The number of nitrogens with one attached hydrogen (secondary N) is 1. The van der Waals surface area contributed by atoms with Crippen LogP contribution in [0.5, 0.6) is 5.75 Å². The van der Waals surface area contributed by atoms with Gasteiger partial charge in [0.25, 0.3) is 0 Å². The van der Waals surface area contributed by atoms with Gasteiger partial charge in [-0.15, -0.1) is 5.10 Å². The van der Waals surface area contributed by atoms with Crippen molar-refractivity contribution >= 4 is 5.82 Å². The standard InChI is InChI=1S/C24H25F2N9O2/c25-21-19(1-2-20(22(21)26)37-17-5-8-36-13-17)35-24(31-32-33-35)18-9-14(10-29-23(18)27)15-11-30-34(12-15)16-3-6-28-7-4-16/h1-2,9-12,16-17,28H,3-8,13H2,(H2,27,29)/t17-/m0/s1. The van der Waals surface area contributed by atoms with Crippen LogP contribution in [0, 0.1) is 11.6 Å². The van der Waals surface area contributed by atoms with Crippen LogP contribution in [0.1, 0.15) is 25.3 Å². The third-order valence-electron chi connectivity index (χ3n) is 6.68. The fourth-order valence-corrected chi connectivity index (χ4v) is 4.65. The Morgan fingerprint density at radius 3 is 2.76 bits per heavy atom. The molecule has 2 aliphatic heterocycles. The number of halogens is 2. The second-order valence-corrected chi connectivity index (χ2v) is 9.08. The molecule has 4 aromatic rings. The summed E-state index contributed by atoms with van der Waals surface area (Å²) in [5.74, 6) is -2.20. The summed E-state index contributed by atoms with van der Waals surface area (Å²) < 4.78 is 43.9. The van der Waals surface area contributed by atoms with E-state index >= 15 is 4.39 Å². The molecule has 3 aromatic heterocycles. The Hall–Kier alpha value is -3.97. The van der Waals surface area contributed by atoms with Gasteiger partial charge in [-0.2, -0.15) is 14.2 Å². The van der Waals surface area contributed by atoms with Gasteiger partial charge < -0.3 is 20.5 Å². The van der Waals surface area contributed by atoms with E-state index in [-0.39, 0.29) is 29.2 Å². The molecular weight excluding hydrogens is 484 g/mol. The summed E-state index contributed by atoms with van der Waals surface area (Å²) in [6, 6.07) is 4.81. The molecule has 0 spiro atoms. The lowest BCUT2D eigenvalue weighted by molar-refractivity contribution is 0.137. The molecule has 3 N–H and O–H groups in total. The maximum Gasteiger partial charge on any atom is 0.202 e. The molecule has 0 bridgehead atoms. The van der Waals surface area contributed by atoms with E-state index in [4.69, 9.17) is 15.2 Å². The molecule has 2 saturated heterocycles. The van der Waals surface area contributed by atoms with Gasteiger partial charge in [-0.25, -0.2) is 9.37 Å². The van der Waals surface area contributed by atoms with Crippen molar-refractivity contribution in [2.24, 2.45) is 0 Å². The van der Waals surface area contributed by atoms with Crippen LogP contribution in [0.4, 0.5) is 14.6 Å². The van der Waals surface area contributed by atoms with E-state index < -0.39 is 11.6 Å². The van der Waals surface area contributed by atoms with E-state index in [9.17, 15) is 4.39 Å². The molecule has 0 radical (unpaired) electrons. The first-order valence-electron chi connectivity index (χ1n) is 12.1. The summed E-state index contributed by atoms with van der Waals surface area (Å²) in [7, 11) is 0. The van der Waals surface area contributed by atoms with Gasteiger partial charge in [0.2, 0.25) is 5.82 Å². The minimum atomic E-state index is -1.14. The first kappa shape index (κ1) is 23.4. The molecule has 11 nitrogen and oxygen atoms in total. The van der Waals surface area contributed by atoms with Crippen molar-refractivity contribution in [3.05, 3.63) is 48.4 Å². The van der Waals surface area contributed by atoms with Crippen LogP contribution in [-0.2, 0) is 4.74 Å². The van der Waals surface area contributed by atoms with Crippen LogP contribution in [0.2, 0.25) is 0 Å². The Labute approximate surface area is 210 Å². The molecule has 0 aliphatic carbocycles. The second kappa shape index (κ2) is 9.82. The van der Waals surface area contributed by atoms with E-state index in [1.807, 2.05) is 10.9 Å². The zero-order valence-corrected chi connectivity index (χ0v) is 19.8. The maximum atomic E-state index is 15.2. The monoisotopic (exact) mass is 509 g/mol. The number of anilines is 1. The lowest BCUT2D eigenvalue weighted by Gasteiger charge is -2.22. The molecule has 0 unspecified atom stereocenters. The average molecular weight is 510 g/mol. The molecule has 6 rings (SSSR count). The van der Waals surface area contributed by atoms with Crippen molar-refractivity contribution in [1.29, 1.82) is 0 Å². The smallest absolute Gasteiger partial charge is 0.202 e. The predicted molar refractivity (Wildman–Crippen MR) is 129 cm³/mol. The maximum absolute atomic E-state index is 15.2. The van der Waals surface area contributed by atoms with Crippen molar-refractivity contribution < 1.29 is 18.3 Å². The van der Waals surface area contributed by atoms with Crippen molar-refractivity contribution in [1.82, 2.24) is 40.3 Å². The highest BCUT2D eigenvalue weighted by Crippen LogP contribution is 2.32. The van der Waals surface area contributed by atoms with Gasteiger partial charge in [0.1, 0.15) is 17.6 Å². The lowest BCUT2D eigenvalue weighted by Crippen LogP contribution is -2.29. The molecule has 2 fully saturated rings. The van der Waals surface area contributed by atoms with Gasteiger partial charge in [-0.3, -0.25) is 4.68 Å². The number of hydrogen-bond donors (Lipinski definition) is 2. The van der Waals surface area contributed by atoms with Gasteiger partial charge in [0, 0.05) is 29.9 Å². The quantitative estimate of drug-likeness (QED) is 0.403. The molecule has 1 atom stereocenters. The number of tetrazole rings is 1. The third kappa shape index (κ3) is 4.51. The van der Waals surface area contributed by atoms with Gasteiger partial charge in [0.15, 0.2) is 17.4 Å². The second-order valence-electron chi connectivity index (χ2n) is 9.08. The van der Waals surface area contributed by atoms with Crippen molar-refractivity contribution in [3.8, 4) is 34.0 Å². The summed E-state index contributed by atoms with van der Waals surface area (Å²) in [6.07, 6.45) is 7.67. The Bertz CT molecular complexity index is 1410. The fourth-order valence-electron chi connectivity index (χ4n) is 4.65. The zero-order valence-electron chi connectivity index (χ0n) is 19.8. The van der Waals surface area contributed by atoms with Gasteiger partial charge in [0.05, 0.1) is 31.0 Å². The lowest BCUT2D eigenvalue weighted by atomic mass is 10.1. The average Bonchev–Trinajstić information content (AvgIpc) is 3.70. The summed E-state index contributed by atoms with van der Waals surface area (Å²) in [5.41, 5.74) is 7.95. The number of benzene rings is 1. The summed E-state index contributed by atoms with van der Waals surface area (Å²) in [6.45, 7) is 2.76. The molecule has 192 valence electrons. The summed E-state index contributed by atoms with van der Waals surface area (Å²) in [4.78, 5) is 4.30. The highest BCUT2D eigenvalue weighted by atomic mass is 19.2. The number of rotatable bonds is 6. The third-order valence-corrected chi connectivity index (χ3v) is 6.68. The Morgan fingerprint density at radius 1 is 1.08 bits per heavy atom. The normalized spacial score (nSPS) is 18.4. The first-order valence-corrected chi connectivity index (χ1v) is 12.1. The number of nitrogen functional groups attached to an aromatic ring is 1. The van der Waals surface area contributed by atoms with Crippen LogP contribution in [0.15, 0.2) is 36.8 Å². The number of nitrogens with zero attached hydrogens (tertiary/aromatic N) is 7. The van der Waals surface area contributed by atoms with Crippen LogP contribution >= 0.6 is 0 Å². The minimum absolute atomic E-state index is 0.119. The summed E-state index contributed by atoms with van der Waals surface area (Å²) >= 11 is 0. The van der Waals surface area contributed by atoms with E-state index in [1.165, 1.54) is 12.1 Å². The van der Waals surface area contributed by atoms with Gasteiger partial charge in [-0.1, -0.05) is 0 Å². The highest BCUT2D eigenvalue weighted by molar-refractivity contribution is 5.76. The van der Waals surface area contributed by atoms with Crippen LogP contribution in [0.3, 0.4) is 0 Å². The van der Waals surface area contributed by atoms with E-state index in [0.29, 0.717) is 31.2 Å². The van der Waals surface area contributed by atoms with Crippen LogP contribution < -0.4 is 15.8 Å². The molecule has 0 saturated carbocycles. The molecule has 1 aromatic carbocycles. The number of pyridine rings is 1. The van der Waals surface area contributed by atoms with Crippen LogP contribution in [-0.4, -0.2) is 67.4 Å². The Morgan fingerprint density at radius 2 is 1.95 bits per heavy atom. The molecule has 13 heteroatoms. The SMILES string of the molecule is Nc1ncc(-c2cnn(C3CCNCC3)c2)cc1-c1nnnn1-c1ccc(O[C@H]2CCOC2)c(F)c1F. The Kier molecular flexibility index (Phi) is 6.22. The van der Waals surface area contributed by atoms with Gasteiger partial charge in [-0.05, 0) is 54.6 Å². The highest BCUT2D eigenvalue weighted by Gasteiger charge is 2.25. The molecule has 5 heterocycles. The molecule has 2 aliphatic rings. The number of ether oxygens (including phenoxy) is 2. The first-order chi connectivity index (χ1) is 18.1. The van der Waals surface area contributed by atoms with E-state index in [0.717, 1.165) is 41.7 Å². The molecular formula is C24H25F2N9O2. The molecule has 37 heavy (non-hydrogen) atoms. The number of piperidine rings is 1. The minimum Gasteiger partial charge on any atom is -0.485 e. The van der Waals surface area contributed by atoms with Crippen LogP contribution in [0.25, 0.3) is 28.2 Å².